The fraction of sp³-hybridized carbons (Fsp3) is 0.381. The number of carboxylic acids is 1. The van der Waals surface area contributed by atoms with Gasteiger partial charge in [-0.1, -0.05) is 6.92 Å². The Bertz CT molecular complexity index is 946. The molecule has 0 saturated carbocycles. The van der Waals surface area contributed by atoms with E-state index in [2.05, 4.69) is 11.2 Å². The van der Waals surface area contributed by atoms with Gasteiger partial charge in [-0.3, -0.25) is 0 Å². The van der Waals surface area contributed by atoms with Crippen LogP contribution in [-0.4, -0.2) is 55.5 Å². The monoisotopic (exact) mass is 469 g/mol. The summed E-state index contributed by atoms with van der Waals surface area (Å²) in [6.07, 6.45) is 2.23. The van der Waals surface area contributed by atoms with Gasteiger partial charge in [-0.2, -0.15) is 0 Å². The standard InChI is InChI=1S/C21H27NO5S3/c1-4-11-22(29-17-5-8-19(9-6-17)30(3,25)26)12-13-28-18-7-10-20(16(2)14-18)27-15-21(23)24/h5-10,14H,4,11-13,15H2,1-3H3,(H,23,24). The minimum atomic E-state index is -3.18. The first-order valence-electron chi connectivity index (χ1n) is 9.50. The molecule has 0 amide bonds. The van der Waals surface area contributed by atoms with Gasteiger partial charge in [0, 0.05) is 34.9 Å². The van der Waals surface area contributed by atoms with E-state index in [9.17, 15) is 13.2 Å². The minimum Gasteiger partial charge on any atom is -0.482 e. The molecule has 0 bridgehead atoms. The number of hydrogen-bond acceptors (Lipinski definition) is 7. The van der Waals surface area contributed by atoms with E-state index in [0.717, 1.165) is 40.6 Å². The van der Waals surface area contributed by atoms with Crippen LogP contribution in [0.2, 0.25) is 0 Å². The van der Waals surface area contributed by atoms with Gasteiger partial charge in [-0.25, -0.2) is 17.5 Å². The van der Waals surface area contributed by atoms with Gasteiger partial charge in [0.15, 0.2) is 16.4 Å². The highest BCUT2D eigenvalue weighted by atomic mass is 32.2. The van der Waals surface area contributed by atoms with Gasteiger partial charge < -0.3 is 9.84 Å². The molecule has 164 valence electrons. The Labute approximate surface area is 187 Å². The maximum atomic E-state index is 11.6. The highest BCUT2D eigenvalue weighted by Crippen LogP contribution is 2.28. The SMILES string of the molecule is CCCN(CCSc1ccc(OCC(=O)O)c(C)c1)Sc1ccc(S(C)(=O)=O)cc1. The quantitative estimate of drug-likeness (QED) is 0.362. The van der Waals surface area contributed by atoms with Crippen LogP contribution in [0.4, 0.5) is 0 Å². The molecule has 0 aliphatic rings. The van der Waals surface area contributed by atoms with E-state index in [1.54, 1.807) is 35.8 Å². The molecule has 0 spiro atoms. The number of sulfone groups is 1. The third-order valence-corrected chi connectivity index (χ3v) is 7.28. The van der Waals surface area contributed by atoms with E-state index in [4.69, 9.17) is 9.84 Å². The summed E-state index contributed by atoms with van der Waals surface area (Å²) in [6.45, 7) is 5.49. The number of carbonyl (C=O) groups is 1. The van der Waals surface area contributed by atoms with Gasteiger partial charge in [0.1, 0.15) is 5.75 Å². The summed E-state index contributed by atoms with van der Waals surface area (Å²) in [6, 6.07) is 12.7. The molecule has 1 N–H and O–H groups in total. The summed E-state index contributed by atoms with van der Waals surface area (Å²) in [5, 5.41) is 8.72. The first kappa shape index (κ1) is 24.6. The molecule has 0 atom stereocenters. The fourth-order valence-corrected chi connectivity index (χ4v) is 5.36. The molecule has 0 aliphatic heterocycles. The lowest BCUT2D eigenvalue weighted by Crippen LogP contribution is -2.19. The Balaban J connectivity index is 1.90. The second-order valence-corrected chi connectivity index (χ2v) is 11.1. The maximum Gasteiger partial charge on any atom is 0.341 e. The molecule has 0 unspecified atom stereocenters. The van der Waals surface area contributed by atoms with Crippen LogP contribution >= 0.6 is 23.7 Å². The summed E-state index contributed by atoms with van der Waals surface area (Å²) in [5.41, 5.74) is 0.909. The number of rotatable bonds is 12. The third-order valence-electron chi connectivity index (χ3n) is 4.07. The van der Waals surface area contributed by atoms with Gasteiger partial charge in [-0.15, -0.1) is 11.8 Å². The molecule has 0 fully saturated rings. The average molecular weight is 470 g/mol. The van der Waals surface area contributed by atoms with Crippen molar-refractivity contribution in [1.29, 1.82) is 0 Å². The molecular weight excluding hydrogens is 442 g/mol. The molecule has 0 saturated heterocycles. The van der Waals surface area contributed by atoms with E-state index in [1.807, 2.05) is 37.3 Å². The summed E-state index contributed by atoms with van der Waals surface area (Å²) < 4.78 is 30.7. The van der Waals surface area contributed by atoms with Crippen molar-refractivity contribution >= 4 is 39.5 Å². The highest BCUT2D eigenvalue weighted by molar-refractivity contribution is 7.99. The molecule has 2 aromatic carbocycles. The van der Waals surface area contributed by atoms with Crippen molar-refractivity contribution in [2.24, 2.45) is 0 Å². The predicted molar refractivity (Wildman–Crippen MR) is 122 cm³/mol. The normalized spacial score (nSPS) is 11.6. The molecule has 0 heterocycles. The number of nitrogens with zero attached hydrogens (tertiary/aromatic N) is 1. The van der Waals surface area contributed by atoms with E-state index >= 15 is 0 Å². The van der Waals surface area contributed by atoms with E-state index in [0.29, 0.717) is 10.6 Å². The van der Waals surface area contributed by atoms with Gasteiger partial charge in [0.25, 0.3) is 0 Å². The Kier molecular flexibility index (Phi) is 9.54. The number of hydrogen-bond donors (Lipinski definition) is 1. The van der Waals surface area contributed by atoms with Crippen LogP contribution in [0.25, 0.3) is 0 Å². The number of carboxylic acid groups (broad SMARTS) is 1. The Morgan fingerprint density at radius 1 is 1.10 bits per heavy atom. The van der Waals surface area contributed by atoms with Crippen molar-refractivity contribution in [3.63, 3.8) is 0 Å². The maximum absolute atomic E-state index is 11.6. The van der Waals surface area contributed by atoms with E-state index < -0.39 is 15.8 Å². The molecule has 30 heavy (non-hydrogen) atoms. The molecule has 6 nitrogen and oxygen atoms in total. The van der Waals surface area contributed by atoms with E-state index in [1.165, 1.54) is 6.26 Å². The fourth-order valence-electron chi connectivity index (χ4n) is 2.63. The van der Waals surface area contributed by atoms with Crippen LogP contribution in [0.5, 0.6) is 5.75 Å². The van der Waals surface area contributed by atoms with Crippen molar-refractivity contribution < 1.29 is 23.1 Å². The first-order valence-corrected chi connectivity index (χ1v) is 13.1. The Morgan fingerprint density at radius 2 is 1.77 bits per heavy atom. The second kappa shape index (κ2) is 11.6. The van der Waals surface area contributed by atoms with E-state index in [-0.39, 0.29) is 6.61 Å². The Hall–Kier alpha value is -1.68. The summed E-state index contributed by atoms with van der Waals surface area (Å²) in [4.78, 5) is 13.1. The third kappa shape index (κ3) is 8.22. The van der Waals surface area contributed by atoms with Gasteiger partial charge in [-0.05, 0) is 73.3 Å². The van der Waals surface area contributed by atoms with Crippen molar-refractivity contribution in [3.05, 3.63) is 48.0 Å². The van der Waals surface area contributed by atoms with Gasteiger partial charge in [0.05, 0.1) is 4.90 Å². The van der Waals surface area contributed by atoms with Gasteiger partial charge >= 0.3 is 5.97 Å². The lowest BCUT2D eigenvalue weighted by Gasteiger charge is -2.20. The van der Waals surface area contributed by atoms with Crippen LogP contribution in [-0.2, 0) is 14.6 Å². The topological polar surface area (TPSA) is 83.9 Å². The van der Waals surface area contributed by atoms with Crippen LogP contribution in [0.1, 0.15) is 18.9 Å². The Morgan fingerprint density at radius 3 is 2.33 bits per heavy atom. The summed E-state index contributed by atoms with van der Waals surface area (Å²) in [7, 11) is -3.18. The lowest BCUT2D eigenvalue weighted by molar-refractivity contribution is -0.139. The lowest BCUT2D eigenvalue weighted by atomic mass is 10.2. The van der Waals surface area contributed by atoms with Crippen LogP contribution in [0, 0.1) is 6.92 Å². The van der Waals surface area contributed by atoms with Crippen molar-refractivity contribution in [1.82, 2.24) is 4.31 Å². The molecule has 0 radical (unpaired) electrons. The second-order valence-electron chi connectivity index (χ2n) is 6.72. The molecule has 0 aliphatic carbocycles. The summed E-state index contributed by atoms with van der Waals surface area (Å²) >= 11 is 3.36. The van der Waals surface area contributed by atoms with Crippen LogP contribution in [0.3, 0.4) is 0 Å². The molecular formula is C21H27NO5S3. The summed E-state index contributed by atoms with van der Waals surface area (Å²) in [5.74, 6) is 0.484. The number of aliphatic carboxylic acids is 1. The average Bonchev–Trinajstić information content (AvgIpc) is 2.67. The highest BCUT2D eigenvalue weighted by Gasteiger charge is 2.10. The molecule has 9 heteroatoms. The zero-order chi connectivity index (χ0) is 22.1. The van der Waals surface area contributed by atoms with Crippen LogP contribution in [0.15, 0.2) is 57.2 Å². The number of aryl methyl sites for hydroxylation is 1. The van der Waals surface area contributed by atoms with Crippen molar-refractivity contribution in [3.8, 4) is 5.75 Å². The zero-order valence-corrected chi connectivity index (χ0v) is 19.8. The smallest absolute Gasteiger partial charge is 0.341 e. The number of ether oxygens (including phenoxy) is 1. The van der Waals surface area contributed by atoms with Gasteiger partial charge in [0.2, 0.25) is 0 Å². The first-order chi connectivity index (χ1) is 14.2. The molecule has 2 rings (SSSR count). The largest absolute Gasteiger partial charge is 0.482 e. The predicted octanol–water partition coefficient (Wildman–Crippen LogP) is 4.37. The minimum absolute atomic E-state index is 0.329. The number of thioether (sulfide) groups is 1. The van der Waals surface area contributed by atoms with Crippen molar-refractivity contribution in [2.45, 2.75) is 35.0 Å². The zero-order valence-electron chi connectivity index (χ0n) is 17.3. The molecule has 2 aromatic rings. The number of benzene rings is 2. The molecule has 0 aromatic heterocycles. The van der Waals surface area contributed by atoms with Crippen molar-refractivity contribution in [2.75, 3.05) is 31.7 Å². The van der Waals surface area contributed by atoms with Crippen LogP contribution < -0.4 is 4.74 Å².